The molecule has 31 heavy (non-hydrogen) atoms. The van der Waals surface area contributed by atoms with Crippen LogP contribution in [0, 0.1) is 0 Å². The lowest BCUT2D eigenvalue weighted by molar-refractivity contribution is -0.125. The minimum Gasteiger partial charge on any atom is -0.497 e. The Balaban J connectivity index is 1.70. The summed E-state index contributed by atoms with van der Waals surface area (Å²) in [5, 5.41) is 5.79. The summed E-state index contributed by atoms with van der Waals surface area (Å²) in [7, 11) is 1.57. The zero-order chi connectivity index (χ0) is 22.4. The molecule has 0 aliphatic carbocycles. The fraction of sp³-hybridized carbons (Fsp3) is 0.375. The first-order chi connectivity index (χ1) is 14.9. The predicted molar refractivity (Wildman–Crippen MR) is 119 cm³/mol. The standard InChI is InChI=1S/C24H29N3O4/c1-4-16(2)25-23(29)21-9-6-14-27(21)24(30)18-7-5-8-19(15-18)26-22(28)17-10-12-20(31-3)13-11-17/h5,7-8,10-13,15-16,21H,4,6,9,14H2,1-3H3,(H,25,29)(H,26,28). The van der Waals surface area contributed by atoms with Crippen molar-refractivity contribution in [2.75, 3.05) is 19.0 Å². The van der Waals surface area contributed by atoms with E-state index in [1.54, 1.807) is 60.5 Å². The van der Waals surface area contributed by atoms with Gasteiger partial charge in [0.05, 0.1) is 7.11 Å². The number of likely N-dealkylation sites (tertiary alicyclic amines) is 1. The molecule has 2 N–H and O–H groups in total. The second kappa shape index (κ2) is 10.1. The van der Waals surface area contributed by atoms with E-state index in [1.165, 1.54) is 0 Å². The van der Waals surface area contributed by atoms with E-state index in [9.17, 15) is 14.4 Å². The Morgan fingerprint density at radius 1 is 1.13 bits per heavy atom. The van der Waals surface area contributed by atoms with Gasteiger partial charge in [-0.1, -0.05) is 13.0 Å². The van der Waals surface area contributed by atoms with E-state index in [1.807, 2.05) is 13.8 Å². The molecule has 0 aromatic heterocycles. The van der Waals surface area contributed by atoms with Crippen LogP contribution in [0.1, 0.15) is 53.8 Å². The molecule has 0 bridgehead atoms. The van der Waals surface area contributed by atoms with Crippen LogP contribution in [0.3, 0.4) is 0 Å². The quantitative estimate of drug-likeness (QED) is 0.714. The molecule has 2 aromatic rings. The first-order valence-electron chi connectivity index (χ1n) is 10.6. The van der Waals surface area contributed by atoms with Gasteiger partial charge in [-0.15, -0.1) is 0 Å². The molecule has 1 saturated heterocycles. The molecule has 7 heteroatoms. The fourth-order valence-corrected chi connectivity index (χ4v) is 3.56. The Hall–Kier alpha value is -3.35. The second-order valence-electron chi connectivity index (χ2n) is 7.74. The van der Waals surface area contributed by atoms with Crippen LogP contribution < -0.4 is 15.4 Å². The van der Waals surface area contributed by atoms with Crippen LogP contribution in [0.25, 0.3) is 0 Å². The first-order valence-corrected chi connectivity index (χ1v) is 10.6. The van der Waals surface area contributed by atoms with Gasteiger partial charge in [-0.3, -0.25) is 14.4 Å². The number of benzene rings is 2. The molecule has 1 aliphatic rings. The van der Waals surface area contributed by atoms with Crippen LogP contribution in [-0.2, 0) is 4.79 Å². The number of rotatable bonds is 7. The number of nitrogens with zero attached hydrogens (tertiary/aromatic N) is 1. The number of carbonyl (C=O) groups is 3. The number of methoxy groups -OCH3 is 1. The fourth-order valence-electron chi connectivity index (χ4n) is 3.56. The summed E-state index contributed by atoms with van der Waals surface area (Å²) < 4.78 is 5.11. The Morgan fingerprint density at radius 3 is 2.55 bits per heavy atom. The van der Waals surface area contributed by atoms with Crippen molar-refractivity contribution in [1.29, 1.82) is 0 Å². The molecule has 1 heterocycles. The molecular weight excluding hydrogens is 394 g/mol. The normalized spacial score (nSPS) is 16.5. The SMILES string of the molecule is CCC(C)NC(=O)C1CCCN1C(=O)c1cccc(NC(=O)c2ccc(OC)cc2)c1. The predicted octanol–water partition coefficient (Wildman–Crippen LogP) is 3.47. The molecule has 7 nitrogen and oxygen atoms in total. The van der Waals surface area contributed by atoms with E-state index in [-0.39, 0.29) is 23.8 Å². The molecule has 1 aliphatic heterocycles. The average molecular weight is 424 g/mol. The smallest absolute Gasteiger partial charge is 0.255 e. The summed E-state index contributed by atoms with van der Waals surface area (Å²) in [6.07, 6.45) is 2.28. The molecule has 0 radical (unpaired) electrons. The molecule has 164 valence electrons. The lowest BCUT2D eigenvalue weighted by Crippen LogP contribution is -2.48. The van der Waals surface area contributed by atoms with Gasteiger partial charge in [-0.25, -0.2) is 0 Å². The Bertz CT molecular complexity index is 942. The first kappa shape index (κ1) is 22.3. The number of ether oxygens (including phenoxy) is 1. The Labute approximate surface area is 182 Å². The van der Waals surface area contributed by atoms with Gasteiger partial charge in [0, 0.05) is 29.4 Å². The zero-order valence-corrected chi connectivity index (χ0v) is 18.2. The van der Waals surface area contributed by atoms with Crippen molar-refractivity contribution in [3.05, 3.63) is 59.7 Å². The Kier molecular flexibility index (Phi) is 7.28. The summed E-state index contributed by atoms with van der Waals surface area (Å²) in [5.41, 5.74) is 1.45. The number of hydrogen-bond donors (Lipinski definition) is 2. The molecule has 2 aromatic carbocycles. The highest BCUT2D eigenvalue weighted by Gasteiger charge is 2.34. The highest BCUT2D eigenvalue weighted by atomic mass is 16.5. The molecule has 3 amide bonds. The minimum atomic E-state index is -0.459. The van der Waals surface area contributed by atoms with Crippen molar-refractivity contribution in [3.63, 3.8) is 0 Å². The van der Waals surface area contributed by atoms with Crippen LogP contribution in [-0.4, -0.2) is 48.4 Å². The van der Waals surface area contributed by atoms with E-state index in [0.717, 1.165) is 12.8 Å². The van der Waals surface area contributed by atoms with Gasteiger partial charge in [0.2, 0.25) is 5.91 Å². The van der Waals surface area contributed by atoms with Crippen LogP contribution in [0.2, 0.25) is 0 Å². The van der Waals surface area contributed by atoms with Gasteiger partial charge < -0.3 is 20.3 Å². The van der Waals surface area contributed by atoms with Gasteiger partial charge in [-0.05, 0) is 68.7 Å². The van der Waals surface area contributed by atoms with E-state index in [0.29, 0.717) is 35.5 Å². The third-order valence-corrected chi connectivity index (χ3v) is 5.54. The third kappa shape index (κ3) is 5.42. The molecule has 3 rings (SSSR count). The van der Waals surface area contributed by atoms with E-state index in [4.69, 9.17) is 4.74 Å². The highest BCUT2D eigenvalue weighted by Crippen LogP contribution is 2.22. The lowest BCUT2D eigenvalue weighted by Gasteiger charge is -2.25. The van der Waals surface area contributed by atoms with E-state index < -0.39 is 6.04 Å². The third-order valence-electron chi connectivity index (χ3n) is 5.54. The molecule has 0 spiro atoms. The summed E-state index contributed by atoms with van der Waals surface area (Å²) in [4.78, 5) is 39.9. The second-order valence-corrected chi connectivity index (χ2v) is 7.74. The zero-order valence-electron chi connectivity index (χ0n) is 18.2. The van der Waals surface area contributed by atoms with Crippen molar-refractivity contribution < 1.29 is 19.1 Å². The molecule has 0 saturated carbocycles. The number of amides is 3. The number of anilines is 1. The van der Waals surface area contributed by atoms with E-state index >= 15 is 0 Å². The van der Waals surface area contributed by atoms with Crippen LogP contribution in [0.4, 0.5) is 5.69 Å². The van der Waals surface area contributed by atoms with Gasteiger partial charge >= 0.3 is 0 Å². The van der Waals surface area contributed by atoms with Crippen molar-refractivity contribution in [1.82, 2.24) is 10.2 Å². The van der Waals surface area contributed by atoms with Crippen LogP contribution in [0.15, 0.2) is 48.5 Å². The van der Waals surface area contributed by atoms with Crippen LogP contribution >= 0.6 is 0 Å². The van der Waals surface area contributed by atoms with Gasteiger partial charge in [0.1, 0.15) is 11.8 Å². The summed E-state index contributed by atoms with van der Waals surface area (Å²) in [6, 6.07) is 13.2. The number of carbonyl (C=O) groups excluding carboxylic acids is 3. The van der Waals surface area contributed by atoms with Gasteiger partial charge in [-0.2, -0.15) is 0 Å². The molecule has 2 atom stereocenters. The van der Waals surface area contributed by atoms with Crippen molar-refractivity contribution in [2.24, 2.45) is 0 Å². The highest BCUT2D eigenvalue weighted by molar-refractivity contribution is 6.05. The maximum absolute atomic E-state index is 13.1. The molecule has 2 unspecified atom stereocenters. The Morgan fingerprint density at radius 2 is 1.87 bits per heavy atom. The topological polar surface area (TPSA) is 87.7 Å². The average Bonchev–Trinajstić information content (AvgIpc) is 3.28. The lowest BCUT2D eigenvalue weighted by atomic mass is 10.1. The maximum atomic E-state index is 13.1. The monoisotopic (exact) mass is 423 g/mol. The van der Waals surface area contributed by atoms with E-state index in [2.05, 4.69) is 10.6 Å². The summed E-state index contributed by atoms with van der Waals surface area (Å²) >= 11 is 0. The van der Waals surface area contributed by atoms with Crippen molar-refractivity contribution in [2.45, 2.75) is 45.2 Å². The van der Waals surface area contributed by atoms with Gasteiger partial charge in [0.15, 0.2) is 0 Å². The van der Waals surface area contributed by atoms with Crippen molar-refractivity contribution >= 4 is 23.4 Å². The van der Waals surface area contributed by atoms with Crippen molar-refractivity contribution in [3.8, 4) is 5.75 Å². The largest absolute Gasteiger partial charge is 0.497 e. The summed E-state index contributed by atoms with van der Waals surface area (Å²) in [5.74, 6) is 0.0763. The van der Waals surface area contributed by atoms with Crippen LogP contribution in [0.5, 0.6) is 5.75 Å². The number of nitrogens with one attached hydrogen (secondary N) is 2. The minimum absolute atomic E-state index is 0.0709. The maximum Gasteiger partial charge on any atom is 0.255 e. The molecule has 1 fully saturated rings. The number of hydrogen-bond acceptors (Lipinski definition) is 4. The molecular formula is C24H29N3O4. The summed E-state index contributed by atoms with van der Waals surface area (Å²) in [6.45, 7) is 4.50. The van der Waals surface area contributed by atoms with Gasteiger partial charge in [0.25, 0.3) is 11.8 Å².